The van der Waals surface area contributed by atoms with Crippen molar-refractivity contribution in [1.82, 2.24) is 14.8 Å². The molecular formula is C14H21N3O. The summed E-state index contributed by atoms with van der Waals surface area (Å²) < 4.78 is 0. The van der Waals surface area contributed by atoms with Crippen molar-refractivity contribution in [1.29, 1.82) is 0 Å². The zero-order chi connectivity index (χ0) is 12.5. The van der Waals surface area contributed by atoms with E-state index in [0.717, 1.165) is 42.9 Å². The molecule has 2 aliphatic rings. The number of rotatable bonds is 3. The Morgan fingerprint density at radius 1 is 1.22 bits per heavy atom. The fourth-order valence-corrected chi connectivity index (χ4v) is 3.06. The van der Waals surface area contributed by atoms with Gasteiger partial charge in [-0.3, -0.25) is 4.79 Å². The van der Waals surface area contributed by atoms with Crippen molar-refractivity contribution in [3.8, 4) is 0 Å². The largest absolute Gasteiger partial charge is 0.364 e. The number of hydrogen-bond acceptors (Lipinski definition) is 2. The molecule has 2 aliphatic heterocycles. The number of H-pyrrole nitrogens is 1. The van der Waals surface area contributed by atoms with Crippen molar-refractivity contribution in [2.45, 2.75) is 26.2 Å². The summed E-state index contributed by atoms with van der Waals surface area (Å²) in [4.78, 5) is 20.1. The number of likely N-dealkylation sites (tertiary alicyclic amines) is 1. The van der Waals surface area contributed by atoms with E-state index in [1.165, 1.54) is 25.9 Å². The van der Waals surface area contributed by atoms with Gasteiger partial charge in [0.1, 0.15) is 0 Å². The quantitative estimate of drug-likeness (QED) is 0.877. The van der Waals surface area contributed by atoms with Gasteiger partial charge in [0, 0.05) is 37.9 Å². The molecule has 4 nitrogen and oxygen atoms in total. The molecule has 0 aromatic carbocycles. The number of aromatic amines is 1. The van der Waals surface area contributed by atoms with Gasteiger partial charge in [-0.15, -0.1) is 0 Å². The molecule has 1 N–H and O–H groups in total. The van der Waals surface area contributed by atoms with E-state index in [4.69, 9.17) is 0 Å². The number of carbonyl (C=O) groups is 1. The molecule has 0 saturated carbocycles. The Balaban J connectivity index is 1.64. The normalized spacial score (nSPS) is 20.5. The SMILES string of the molecule is Cc1c[nH]c2c1C(=O)N(CCN1CCCC1)CC2. The first-order valence-electron chi connectivity index (χ1n) is 6.94. The molecular weight excluding hydrogens is 226 g/mol. The second kappa shape index (κ2) is 4.76. The predicted molar refractivity (Wildman–Crippen MR) is 70.8 cm³/mol. The molecule has 0 atom stereocenters. The van der Waals surface area contributed by atoms with Gasteiger partial charge in [-0.2, -0.15) is 0 Å². The summed E-state index contributed by atoms with van der Waals surface area (Å²) in [6.45, 7) is 7.19. The third-order valence-electron chi connectivity index (χ3n) is 4.18. The van der Waals surface area contributed by atoms with Crippen molar-refractivity contribution in [2.75, 3.05) is 32.7 Å². The molecule has 1 aromatic heterocycles. The van der Waals surface area contributed by atoms with E-state index in [2.05, 4.69) is 9.88 Å². The van der Waals surface area contributed by atoms with Crippen molar-refractivity contribution >= 4 is 5.91 Å². The van der Waals surface area contributed by atoms with Crippen LogP contribution in [0.15, 0.2) is 6.20 Å². The van der Waals surface area contributed by atoms with Gasteiger partial charge in [-0.25, -0.2) is 0 Å². The molecule has 18 heavy (non-hydrogen) atoms. The molecule has 1 fully saturated rings. The third-order valence-corrected chi connectivity index (χ3v) is 4.18. The lowest BCUT2D eigenvalue weighted by Crippen LogP contribution is -2.42. The minimum Gasteiger partial charge on any atom is -0.364 e. The Bertz CT molecular complexity index is 446. The van der Waals surface area contributed by atoms with E-state index in [-0.39, 0.29) is 5.91 Å². The lowest BCUT2D eigenvalue weighted by molar-refractivity contribution is 0.0723. The topological polar surface area (TPSA) is 39.3 Å². The van der Waals surface area contributed by atoms with E-state index >= 15 is 0 Å². The molecule has 0 bridgehead atoms. The minimum atomic E-state index is 0.217. The predicted octanol–water partition coefficient (Wildman–Crippen LogP) is 1.42. The van der Waals surface area contributed by atoms with Crippen LogP contribution < -0.4 is 0 Å². The molecule has 3 rings (SSSR count). The number of amides is 1. The van der Waals surface area contributed by atoms with Gasteiger partial charge in [-0.1, -0.05) is 0 Å². The molecule has 4 heteroatoms. The van der Waals surface area contributed by atoms with E-state index < -0.39 is 0 Å². The number of fused-ring (bicyclic) bond motifs is 1. The maximum atomic E-state index is 12.4. The van der Waals surface area contributed by atoms with Crippen LogP contribution in [0.25, 0.3) is 0 Å². The standard InChI is InChI=1S/C14H21N3O/c1-11-10-15-12-4-7-17(14(18)13(11)12)9-8-16-5-2-3-6-16/h10,15H,2-9H2,1H3. The van der Waals surface area contributed by atoms with Crippen molar-refractivity contribution in [3.05, 3.63) is 23.0 Å². The Kier molecular flexibility index (Phi) is 3.12. The number of nitrogens with zero attached hydrogens (tertiary/aromatic N) is 2. The zero-order valence-electron chi connectivity index (χ0n) is 11.0. The molecule has 0 radical (unpaired) electrons. The van der Waals surface area contributed by atoms with Gasteiger partial charge in [0.15, 0.2) is 0 Å². The van der Waals surface area contributed by atoms with Crippen molar-refractivity contribution in [2.24, 2.45) is 0 Å². The summed E-state index contributed by atoms with van der Waals surface area (Å²) >= 11 is 0. The summed E-state index contributed by atoms with van der Waals surface area (Å²) in [6, 6.07) is 0. The van der Waals surface area contributed by atoms with Crippen LogP contribution >= 0.6 is 0 Å². The minimum absolute atomic E-state index is 0.217. The van der Waals surface area contributed by atoms with Crippen molar-refractivity contribution in [3.63, 3.8) is 0 Å². The first-order valence-corrected chi connectivity index (χ1v) is 6.94. The average molecular weight is 247 g/mol. The second-order valence-electron chi connectivity index (χ2n) is 5.42. The smallest absolute Gasteiger partial charge is 0.256 e. The molecule has 3 heterocycles. The fourth-order valence-electron chi connectivity index (χ4n) is 3.06. The summed E-state index contributed by atoms with van der Waals surface area (Å²) in [5, 5.41) is 0. The van der Waals surface area contributed by atoms with Gasteiger partial charge in [0.05, 0.1) is 5.56 Å². The van der Waals surface area contributed by atoms with Crippen LogP contribution in [-0.4, -0.2) is 53.4 Å². The highest BCUT2D eigenvalue weighted by Gasteiger charge is 2.27. The van der Waals surface area contributed by atoms with Gasteiger partial charge in [0.2, 0.25) is 0 Å². The third kappa shape index (κ3) is 2.05. The number of carbonyl (C=O) groups excluding carboxylic acids is 1. The summed E-state index contributed by atoms with van der Waals surface area (Å²) in [7, 11) is 0. The van der Waals surface area contributed by atoms with Crippen LogP contribution in [0.3, 0.4) is 0 Å². The highest BCUT2D eigenvalue weighted by atomic mass is 16.2. The molecule has 1 amide bonds. The first-order chi connectivity index (χ1) is 8.75. The first kappa shape index (κ1) is 11.8. The van der Waals surface area contributed by atoms with Crippen LogP contribution in [-0.2, 0) is 6.42 Å². The van der Waals surface area contributed by atoms with Gasteiger partial charge in [-0.05, 0) is 38.4 Å². The Labute approximate surface area is 108 Å². The molecule has 0 aliphatic carbocycles. The highest BCUT2D eigenvalue weighted by molar-refractivity contribution is 5.97. The summed E-state index contributed by atoms with van der Waals surface area (Å²) in [5.41, 5.74) is 3.12. The Morgan fingerprint density at radius 3 is 2.78 bits per heavy atom. The highest BCUT2D eigenvalue weighted by Crippen LogP contribution is 2.21. The maximum absolute atomic E-state index is 12.4. The summed E-state index contributed by atoms with van der Waals surface area (Å²) in [5.74, 6) is 0.217. The molecule has 0 spiro atoms. The maximum Gasteiger partial charge on any atom is 0.256 e. The van der Waals surface area contributed by atoms with E-state index in [1.807, 2.05) is 18.0 Å². The Hall–Kier alpha value is -1.29. The van der Waals surface area contributed by atoms with Crippen LogP contribution in [0.1, 0.15) is 34.5 Å². The second-order valence-corrected chi connectivity index (χ2v) is 5.42. The van der Waals surface area contributed by atoms with Gasteiger partial charge in [0.25, 0.3) is 5.91 Å². The Morgan fingerprint density at radius 2 is 2.00 bits per heavy atom. The fraction of sp³-hybridized carbons (Fsp3) is 0.643. The number of hydrogen-bond donors (Lipinski definition) is 1. The van der Waals surface area contributed by atoms with Crippen LogP contribution in [0.4, 0.5) is 0 Å². The van der Waals surface area contributed by atoms with E-state index in [9.17, 15) is 4.79 Å². The molecule has 1 saturated heterocycles. The zero-order valence-corrected chi connectivity index (χ0v) is 11.0. The van der Waals surface area contributed by atoms with E-state index in [1.54, 1.807) is 0 Å². The lowest BCUT2D eigenvalue weighted by Gasteiger charge is -2.29. The number of aryl methyl sites for hydroxylation is 1. The van der Waals surface area contributed by atoms with E-state index in [0.29, 0.717) is 0 Å². The number of aromatic nitrogens is 1. The number of nitrogens with one attached hydrogen (secondary N) is 1. The molecule has 98 valence electrons. The molecule has 0 unspecified atom stereocenters. The van der Waals surface area contributed by atoms with Crippen LogP contribution in [0, 0.1) is 6.92 Å². The molecule has 1 aromatic rings. The van der Waals surface area contributed by atoms with Crippen LogP contribution in [0.5, 0.6) is 0 Å². The monoisotopic (exact) mass is 247 g/mol. The average Bonchev–Trinajstić information content (AvgIpc) is 2.99. The van der Waals surface area contributed by atoms with Gasteiger partial charge >= 0.3 is 0 Å². The van der Waals surface area contributed by atoms with Crippen LogP contribution in [0.2, 0.25) is 0 Å². The van der Waals surface area contributed by atoms with Gasteiger partial charge < -0.3 is 14.8 Å². The van der Waals surface area contributed by atoms with Crippen molar-refractivity contribution < 1.29 is 4.79 Å². The summed E-state index contributed by atoms with van der Waals surface area (Å²) in [6.07, 6.45) is 5.55. The lowest BCUT2D eigenvalue weighted by atomic mass is 10.0.